The van der Waals surface area contributed by atoms with Gasteiger partial charge in [-0.1, -0.05) is 37.1 Å². The second kappa shape index (κ2) is 8.99. The average molecular weight is 448 g/mol. The molecule has 0 aromatic heterocycles. The minimum atomic E-state index is 0.293. The third-order valence-corrected chi connectivity index (χ3v) is 7.87. The van der Waals surface area contributed by atoms with Gasteiger partial charge in [-0.15, -0.1) is 0 Å². The predicted molar refractivity (Wildman–Crippen MR) is 127 cm³/mol. The van der Waals surface area contributed by atoms with E-state index >= 15 is 0 Å². The molecule has 6 nitrogen and oxygen atoms in total. The Labute approximate surface area is 196 Å². The Morgan fingerprint density at radius 1 is 0.848 bits per heavy atom. The van der Waals surface area contributed by atoms with Crippen molar-refractivity contribution in [3.8, 4) is 22.6 Å². The molecule has 2 fully saturated rings. The summed E-state index contributed by atoms with van der Waals surface area (Å²) >= 11 is 0. The summed E-state index contributed by atoms with van der Waals surface area (Å²) in [6.45, 7) is 6.48. The van der Waals surface area contributed by atoms with E-state index in [0.29, 0.717) is 19.2 Å². The summed E-state index contributed by atoms with van der Waals surface area (Å²) in [6.07, 6.45) is 6.42. The van der Waals surface area contributed by atoms with Crippen LogP contribution in [0.2, 0.25) is 0 Å². The van der Waals surface area contributed by atoms with Crippen LogP contribution in [0.5, 0.6) is 11.5 Å². The van der Waals surface area contributed by atoms with Gasteiger partial charge in [0, 0.05) is 45.3 Å². The van der Waals surface area contributed by atoms with Crippen molar-refractivity contribution in [3.05, 3.63) is 47.5 Å². The Kier molecular flexibility index (Phi) is 5.72. The van der Waals surface area contributed by atoms with Crippen molar-refractivity contribution >= 4 is 5.91 Å². The SMILES string of the molecule is O=C(CN1CCc2cc(-c3ccc4c(c3)OCO4)ccc2C1)N1CCN(C2CCCC2)CC1. The van der Waals surface area contributed by atoms with Gasteiger partial charge in [-0.25, -0.2) is 0 Å². The molecule has 6 rings (SSSR count). The zero-order chi connectivity index (χ0) is 22.2. The van der Waals surface area contributed by atoms with Gasteiger partial charge in [0.15, 0.2) is 11.5 Å². The summed E-state index contributed by atoms with van der Waals surface area (Å²) in [7, 11) is 0. The number of piperazine rings is 1. The quantitative estimate of drug-likeness (QED) is 0.718. The van der Waals surface area contributed by atoms with Crippen LogP contribution in [0.3, 0.4) is 0 Å². The molecule has 6 heteroatoms. The molecule has 4 aliphatic rings. The van der Waals surface area contributed by atoms with Gasteiger partial charge in [0.2, 0.25) is 12.7 Å². The van der Waals surface area contributed by atoms with E-state index in [-0.39, 0.29) is 0 Å². The molecule has 0 atom stereocenters. The number of carbonyl (C=O) groups is 1. The van der Waals surface area contributed by atoms with Crippen LogP contribution < -0.4 is 9.47 Å². The Morgan fingerprint density at radius 2 is 1.61 bits per heavy atom. The third-order valence-electron chi connectivity index (χ3n) is 7.87. The first kappa shape index (κ1) is 21.0. The lowest BCUT2D eigenvalue weighted by molar-refractivity contribution is -0.134. The standard InChI is InChI=1S/C27H33N3O3/c31-27(30-13-11-29(12-14-30)24-3-1-2-4-24)18-28-10-9-22-15-20(5-6-23(22)17-28)21-7-8-25-26(16-21)33-19-32-25/h5-8,15-16,24H,1-4,9-14,17-19H2. The maximum atomic E-state index is 13.0. The van der Waals surface area contributed by atoms with Crippen molar-refractivity contribution in [2.24, 2.45) is 0 Å². The Bertz CT molecular complexity index is 1030. The van der Waals surface area contributed by atoms with E-state index in [0.717, 1.165) is 68.8 Å². The fourth-order valence-corrected chi connectivity index (χ4v) is 5.90. The highest BCUT2D eigenvalue weighted by molar-refractivity contribution is 5.78. The molecule has 0 spiro atoms. The maximum Gasteiger partial charge on any atom is 0.236 e. The lowest BCUT2D eigenvalue weighted by Crippen LogP contribution is -2.53. The molecule has 33 heavy (non-hydrogen) atoms. The van der Waals surface area contributed by atoms with E-state index in [1.54, 1.807) is 0 Å². The smallest absolute Gasteiger partial charge is 0.236 e. The van der Waals surface area contributed by atoms with Crippen LogP contribution in [0.1, 0.15) is 36.8 Å². The van der Waals surface area contributed by atoms with E-state index in [2.05, 4.69) is 45.0 Å². The number of fused-ring (bicyclic) bond motifs is 2. The van der Waals surface area contributed by atoms with E-state index in [1.165, 1.54) is 42.4 Å². The van der Waals surface area contributed by atoms with E-state index in [4.69, 9.17) is 9.47 Å². The highest BCUT2D eigenvalue weighted by Crippen LogP contribution is 2.36. The molecule has 1 aliphatic carbocycles. The van der Waals surface area contributed by atoms with Crippen LogP contribution in [0.4, 0.5) is 0 Å². The van der Waals surface area contributed by atoms with Crippen molar-refractivity contribution in [3.63, 3.8) is 0 Å². The highest BCUT2D eigenvalue weighted by Gasteiger charge is 2.29. The normalized spacial score (nSPS) is 21.4. The zero-order valence-electron chi connectivity index (χ0n) is 19.3. The predicted octanol–water partition coefficient (Wildman–Crippen LogP) is 3.53. The molecular weight excluding hydrogens is 414 g/mol. The summed E-state index contributed by atoms with van der Waals surface area (Å²) in [4.78, 5) is 20.0. The number of nitrogens with zero attached hydrogens (tertiary/aromatic N) is 3. The summed E-state index contributed by atoms with van der Waals surface area (Å²) in [5.74, 6) is 1.93. The first-order valence-corrected chi connectivity index (χ1v) is 12.5. The van der Waals surface area contributed by atoms with E-state index < -0.39 is 0 Å². The lowest BCUT2D eigenvalue weighted by Gasteiger charge is -2.39. The number of benzene rings is 2. The zero-order valence-corrected chi connectivity index (χ0v) is 19.3. The molecule has 0 unspecified atom stereocenters. The van der Waals surface area contributed by atoms with Crippen molar-refractivity contribution in [1.82, 2.24) is 14.7 Å². The van der Waals surface area contributed by atoms with Crippen LogP contribution in [0, 0.1) is 0 Å². The number of ether oxygens (including phenoxy) is 2. The van der Waals surface area contributed by atoms with E-state index in [1.807, 2.05) is 6.07 Å². The number of hydrogen-bond donors (Lipinski definition) is 0. The van der Waals surface area contributed by atoms with Gasteiger partial charge < -0.3 is 14.4 Å². The highest BCUT2D eigenvalue weighted by atomic mass is 16.7. The number of hydrogen-bond acceptors (Lipinski definition) is 5. The number of rotatable bonds is 4. The van der Waals surface area contributed by atoms with Gasteiger partial charge in [-0.3, -0.25) is 14.6 Å². The fraction of sp³-hybridized carbons (Fsp3) is 0.519. The van der Waals surface area contributed by atoms with Crippen molar-refractivity contribution in [2.75, 3.05) is 46.1 Å². The molecule has 0 N–H and O–H groups in total. The van der Waals surface area contributed by atoms with Crippen LogP contribution in [-0.2, 0) is 17.8 Å². The Morgan fingerprint density at radius 3 is 2.45 bits per heavy atom. The summed E-state index contributed by atoms with van der Waals surface area (Å²) in [5, 5.41) is 0. The maximum absolute atomic E-state index is 13.0. The van der Waals surface area contributed by atoms with Crippen molar-refractivity contribution in [1.29, 1.82) is 0 Å². The molecule has 0 bridgehead atoms. The summed E-state index contributed by atoms with van der Waals surface area (Å²) in [5.41, 5.74) is 5.08. The van der Waals surface area contributed by atoms with Gasteiger partial charge in [0.25, 0.3) is 0 Å². The monoisotopic (exact) mass is 447 g/mol. The molecule has 2 aromatic rings. The first-order chi connectivity index (χ1) is 16.2. The van der Waals surface area contributed by atoms with E-state index in [9.17, 15) is 4.79 Å². The lowest BCUT2D eigenvalue weighted by atomic mass is 9.94. The Hall–Kier alpha value is -2.57. The van der Waals surface area contributed by atoms with Crippen LogP contribution in [0.15, 0.2) is 36.4 Å². The molecule has 0 radical (unpaired) electrons. The van der Waals surface area contributed by atoms with Crippen LogP contribution in [0.25, 0.3) is 11.1 Å². The molecule has 3 aliphatic heterocycles. The van der Waals surface area contributed by atoms with Crippen molar-refractivity contribution in [2.45, 2.75) is 44.7 Å². The topological polar surface area (TPSA) is 45.3 Å². The first-order valence-electron chi connectivity index (χ1n) is 12.5. The van der Waals surface area contributed by atoms with Crippen molar-refractivity contribution < 1.29 is 14.3 Å². The van der Waals surface area contributed by atoms with Gasteiger partial charge in [0.1, 0.15) is 0 Å². The van der Waals surface area contributed by atoms with Gasteiger partial charge in [-0.2, -0.15) is 0 Å². The molecule has 1 amide bonds. The molecule has 1 saturated heterocycles. The second-order valence-corrected chi connectivity index (χ2v) is 9.87. The minimum Gasteiger partial charge on any atom is -0.454 e. The average Bonchev–Trinajstić information content (AvgIpc) is 3.56. The Balaban J connectivity index is 1.05. The van der Waals surface area contributed by atoms with Gasteiger partial charge in [-0.05, 0) is 53.6 Å². The second-order valence-electron chi connectivity index (χ2n) is 9.87. The number of amides is 1. The molecule has 2 aromatic carbocycles. The largest absolute Gasteiger partial charge is 0.454 e. The summed E-state index contributed by atoms with van der Waals surface area (Å²) in [6, 6.07) is 13.6. The van der Waals surface area contributed by atoms with Crippen LogP contribution >= 0.6 is 0 Å². The van der Waals surface area contributed by atoms with Gasteiger partial charge in [0.05, 0.1) is 6.54 Å². The third kappa shape index (κ3) is 4.34. The van der Waals surface area contributed by atoms with Crippen LogP contribution in [-0.4, -0.2) is 72.7 Å². The molecular formula is C27H33N3O3. The molecule has 174 valence electrons. The minimum absolute atomic E-state index is 0.293. The van der Waals surface area contributed by atoms with Gasteiger partial charge >= 0.3 is 0 Å². The molecule has 3 heterocycles. The fourth-order valence-electron chi connectivity index (χ4n) is 5.90. The molecule has 1 saturated carbocycles. The number of carbonyl (C=O) groups excluding carboxylic acids is 1. The summed E-state index contributed by atoms with van der Waals surface area (Å²) < 4.78 is 11.0.